The predicted molar refractivity (Wildman–Crippen MR) is 68.9 cm³/mol. The molecule has 0 amide bonds. The minimum atomic E-state index is 0.574. The SMILES string of the molecule is CCCCCCCCNc1ncc(Cl)cn1. The largest absolute Gasteiger partial charge is 0.354 e. The first-order valence-electron chi connectivity index (χ1n) is 6.04. The summed E-state index contributed by atoms with van der Waals surface area (Å²) >= 11 is 5.69. The molecule has 0 aliphatic carbocycles. The number of aromatic nitrogens is 2. The van der Waals surface area contributed by atoms with Crippen molar-refractivity contribution in [2.75, 3.05) is 11.9 Å². The Morgan fingerprint density at radius 3 is 2.38 bits per heavy atom. The van der Waals surface area contributed by atoms with Crippen LogP contribution >= 0.6 is 11.6 Å². The van der Waals surface area contributed by atoms with Gasteiger partial charge in [0.05, 0.1) is 17.4 Å². The first-order chi connectivity index (χ1) is 7.83. The Morgan fingerprint density at radius 2 is 1.69 bits per heavy atom. The normalized spacial score (nSPS) is 10.4. The summed E-state index contributed by atoms with van der Waals surface area (Å²) in [6, 6.07) is 0. The molecule has 0 atom stereocenters. The highest BCUT2D eigenvalue weighted by atomic mass is 35.5. The molecule has 0 bridgehead atoms. The van der Waals surface area contributed by atoms with Gasteiger partial charge < -0.3 is 5.32 Å². The lowest BCUT2D eigenvalue weighted by Crippen LogP contribution is -2.04. The molecule has 0 spiro atoms. The first-order valence-corrected chi connectivity index (χ1v) is 6.42. The van der Waals surface area contributed by atoms with E-state index < -0.39 is 0 Å². The molecule has 0 saturated heterocycles. The van der Waals surface area contributed by atoms with Gasteiger partial charge in [-0.25, -0.2) is 9.97 Å². The summed E-state index contributed by atoms with van der Waals surface area (Å²) in [4.78, 5) is 8.14. The van der Waals surface area contributed by atoms with E-state index >= 15 is 0 Å². The van der Waals surface area contributed by atoms with Gasteiger partial charge in [-0.3, -0.25) is 0 Å². The standard InChI is InChI=1S/C12H20ClN3/c1-2-3-4-5-6-7-8-14-12-15-9-11(13)10-16-12/h9-10H,2-8H2,1H3,(H,14,15,16). The van der Waals surface area contributed by atoms with Crippen LogP contribution in [0.25, 0.3) is 0 Å². The van der Waals surface area contributed by atoms with Crippen LogP contribution in [-0.4, -0.2) is 16.5 Å². The second kappa shape index (κ2) is 8.34. The van der Waals surface area contributed by atoms with E-state index in [0.29, 0.717) is 11.0 Å². The third kappa shape index (κ3) is 5.91. The molecule has 1 rings (SSSR count). The van der Waals surface area contributed by atoms with Gasteiger partial charge in [-0.1, -0.05) is 50.6 Å². The van der Waals surface area contributed by atoms with Gasteiger partial charge in [-0.15, -0.1) is 0 Å². The quantitative estimate of drug-likeness (QED) is 0.702. The van der Waals surface area contributed by atoms with Gasteiger partial charge in [-0.05, 0) is 6.42 Å². The van der Waals surface area contributed by atoms with Crippen LogP contribution < -0.4 is 5.32 Å². The van der Waals surface area contributed by atoms with Crippen molar-refractivity contribution in [2.24, 2.45) is 0 Å². The van der Waals surface area contributed by atoms with Crippen molar-refractivity contribution >= 4 is 17.5 Å². The van der Waals surface area contributed by atoms with Gasteiger partial charge in [0.25, 0.3) is 0 Å². The van der Waals surface area contributed by atoms with Crippen molar-refractivity contribution < 1.29 is 0 Å². The molecule has 0 radical (unpaired) electrons. The van der Waals surface area contributed by atoms with Crippen LogP contribution in [0.4, 0.5) is 5.95 Å². The van der Waals surface area contributed by atoms with E-state index in [1.807, 2.05) is 0 Å². The molecule has 0 fully saturated rings. The molecule has 0 aromatic carbocycles. The molecule has 0 unspecified atom stereocenters. The molecule has 1 aromatic heterocycles. The summed E-state index contributed by atoms with van der Waals surface area (Å²) in [5.41, 5.74) is 0. The summed E-state index contributed by atoms with van der Waals surface area (Å²) < 4.78 is 0. The van der Waals surface area contributed by atoms with Gasteiger partial charge in [0, 0.05) is 6.54 Å². The Kier molecular flexibility index (Phi) is 6.90. The lowest BCUT2D eigenvalue weighted by Gasteiger charge is -2.04. The molecule has 1 N–H and O–H groups in total. The van der Waals surface area contributed by atoms with E-state index in [-0.39, 0.29) is 0 Å². The van der Waals surface area contributed by atoms with Gasteiger partial charge >= 0.3 is 0 Å². The van der Waals surface area contributed by atoms with Gasteiger partial charge in [-0.2, -0.15) is 0 Å². The van der Waals surface area contributed by atoms with Crippen molar-refractivity contribution in [3.05, 3.63) is 17.4 Å². The topological polar surface area (TPSA) is 37.8 Å². The second-order valence-electron chi connectivity index (χ2n) is 3.92. The Morgan fingerprint density at radius 1 is 1.06 bits per heavy atom. The molecule has 4 heteroatoms. The Hall–Kier alpha value is -0.830. The lowest BCUT2D eigenvalue weighted by atomic mass is 10.1. The fourth-order valence-electron chi connectivity index (χ4n) is 1.51. The van der Waals surface area contributed by atoms with E-state index in [0.717, 1.165) is 6.54 Å². The van der Waals surface area contributed by atoms with Crippen molar-refractivity contribution in [1.82, 2.24) is 9.97 Å². The lowest BCUT2D eigenvalue weighted by molar-refractivity contribution is 0.616. The van der Waals surface area contributed by atoms with Crippen LogP contribution in [0.5, 0.6) is 0 Å². The minimum absolute atomic E-state index is 0.574. The summed E-state index contributed by atoms with van der Waals surface area (Å²) in [5, 5.41) is 3.76. The maximum atomic E-state index is 5.69. The van der Waals surface area contributed by atoms with Gasteiger partial charge in [0.15, 0.2) is 0 Å². The van der Waals surface area contributed by atoms with Crippen molar-refractivity contribution in [2.45, 2.75) is 45.4 Å². The molecule has 0 aliphatic rings. The summed E-state index contributed by atoms with van der Waals surface area (Å²) in [7, 11) is 0. The smallest absolute Gasteiger partial charge is 0.222 e. The molecule has 3 nitrogen and oxygen atoms in total. The zero-order valence-corrected chi connectivity index (χ0v) is 10.6. The number of anilines is 1. The molecule has 1 aromatic rings. The fraction of sp³-hybridized carbons (Fsp3) is 0.667. The van der Waals surface area contributed by atoms with E-state index in [9.17, 15) is 0 Å². The monoisotopic (exact) mass is 241 g/mol. The van der Waals surface area contributed by atoms with Crippen LogP contribution in [0.2, 0.25) is 5.02 Å². The van der Waals surface area contributed by atoms with E-state index in [1.54, 1.807) is 12.4 Å². The summed E-state index contributed by atoms with van der Waals surface area (Å²) in [5.74, 6) is 0.665. The zero-order valence-electron chi connectivity index (χ0n) is 9.88. The Bertz CT molecular complexity index is 274. The molecule has 16 heavy (non-hydrogen) atoms. The second-order valence-corrected chi connectivity index (χ2v) is 4.36. The van der Waals surface area contributed by atoms with E-state index in [2.05, 4.69) is 22.2 Å². The maximum Gasteiger partial charge on any atom is 0.222 e. The highest BCUT2D eigenvalue weighted by molar-refractivity contribution is 6.30. The molecular formula is C12H20ClN3. The molecular weight excluding hydrogens is 222 g/mol. The average Bonchev–Trinajstić information content (AvgIpc) is 2.30. The van der Waals surface area contributed by atoms with Gasteiger partial charge in [0.1, 0.15) is 0 Å². The number of hydrogen-bond acceptors (Lipinski definition) is 3. The van der Waals surface area contributed by atoms with Crippen LogP contribution in [0.1, 0.15) is 45.4 Å². The third-order valence-electron chi connectivity index (χ3n) is 2.43. The van der Waals surface area contributed by atoms with E-state index in [4.69, 9.17) is 11.6 Å². The number of rotatable bonds is 8. The highest BCUT2D eigenvalue weighted by Crippen LogP contribution is 2.07. The van der Waals surface area contributed by atoms with Crippen molar-refractivity contribution in [3.8, 4) is 0 Å². The summed E-state index contributed by atoms with van der Waals surface area (Å²) in [6.07, 6.45) is 11.0. The third-order valence-corrected chi connectivity index (χ3v) is 2.63. The average molecular weight is 242 g/mol. The summed E-state index contributed by atoms with van der Waals surface area (Å²) in [6.45, 7) is 3.17. The number of unbranched alkanes of at least 4 members (excludes halogenated alkanes) is 5. The minimum Gasteiger partial charge on any atom is -0.354 e. The fourth-order valence-corrected chi connectivity index (χ4v) is 1.61. The number of halogens is 1. The van der Waals surface area contributed by atoms with Crippen LogP contribution in [0, 0.1) is 0 Å². The number of hydrogen-bond donors (Lipinski definition) is 1. The number of nitrogens with one attached hydrogen (secondary N) is 1. The van der Waals surface area contributed by atoms with Crippen LogP contribution in [0.3, 0.4) is 0 Å². The molecule has 90 valence electrons. The first kappa shape index (κ1) is 13.2. The van der Waals surface area contributed by atoms with Crippen LogP contribution in [0.15, 0.2) is 12.4 Å². The van der Waals surface area contributed by atoms with Crippen molar-refractivity contribution in [1.29, 1.82) is 0 Å². The Balaban J connectivity index is 2.01. The maximum absolute atomic E-state index is 5.69. The van der Waals surface area contributed by atoms with Gasteiger partial charge in [0.2, 0.25) is 5.95 Å². The zero-order chi connectivity index (χ0) is 11.6. The van der Waals surface area contributed by atoms with E-state index in [1.165, 1.54) is 38.5 Å². The number of nitrogens with zero attached hydrogens (tertiary/aromatic N) is 2. The molecule has 0 aliphatic heterocycles. The van der Waals surface area contributed by atoms with Crippen molar-refractivity contribution in [3.63, 3.8) is 0 Å². The van der Waals surface area contributed by atoms with Crippen LogP contribution in [-0.2, 0) is 0 Å². The molecule has 1 heterocycles. The molecule has 0 saturated carbocycles. The predicted octanol–water partition coefficient (Wildman–Crippen LogP) is 3.90. The Labute approximate surface area is 103 Å². The highest BCUT2D eigenvalue weighted by Gasteiger charge is 1.95.